The summed E-state index contributed by atoms with van der Waals surface area (Å²) in [5, 5.41) is 12.6. The number of fused-ring (bicyclic) bond motifs is 1. The molecule has 4 aromatic rings. The standard InChI is InChI=1S/C22H18ClN3O5/c1-12-8-20(31-19-5-4-13(30-3)9-17(19)23)15(10-18(12)26(28)29)16-11-25(2)22(27)21-14(16)6-7-24-21/h4-11,24H,1-3H3. The van der Waals surface area contributed by atoms with E-state index in [1.165, 1.54) is 17.7 Å². The monoisotopic (exact) mass is 439 g/mol. The van der Waals surface area contributed by atoms with Crippen LogP contribution in [-0.2, 0) is 7.05 Å². The summed E-state index contributed by atoms with van der Waals surface area (Å²) in [5.41, 5.74) is 1.65. The van der Waals surface area contributed by atoms with Gasteiger partial charge in [-0.15, -0.1) is 0 Å². The Kier molecular flexibility index (Phi) is 5.16. The number of hydrogen-bond acceptors (Lipinski definition) is 5. The molecule has 0 unspecified atom stereocenters. The highest BCUT2D eigenvalue weighted by atomic mass is 35.5. The SMILES string of the molecule is COc1ccc(Oc2cc(C)c([N+](=O)[O-])cc2-c2cn(C)c(=O)c3[nH]ccc23)c(Cl)c1. The van der Waals surface area contributed by atoms with Crippen molar-refractivity contribution >= 4 is 28.2 Å². The van der Waals surface area contributed by atoms with Gasteiger partial charge in [-0.25, -0.2) is 0 Å². The van der Waals surface area contributed by atoms with Gasteiger partial charge in [0.15, 0.2) is 0 Å². The summed E-state index contributed by atoms with van der Waals surface area (Å²) in [5.74, 6) is 1.31. The fourth-order valence-corrected chi connectivity index (χ4v) is 3.66. The maximum atomic E-state index is 12.4. The van der Waals surface area contributed by atoms with Crippen molar-refractivity contribution in [3.63, 3.8) is 0 Å². The Bertz CT molecular complexity index is 1390. The van der Waals surface area contributed by atoms with Crippen molar-refractivity contribution in [2.75, 3.05) is 7.11 Å². The molecule has 31 heavy (non-hydrogen) atoms. The molecular formula is C22H18ClN3O5. The molecule has 2 aromatic heterocycles. The van der Waals surface area contributed by atoms with Crippen molar-refractivity contribution in [2.45, 2.75) is 6.92 Å². The second-order valence-electron chi connectivity index (χ2n) is 7.02. The van der Waals surface area contributed by atoms with Crippen LogP contribution >= 0.6 is 11.6 Å². The van der Waals surface area contributed by atoms with Gasteiger partial charge in [0, 0.05) is 53.7 Å². The highest BCUT2D eigenvalue weighted by Crippen LogP contribution is 2.42. The van der Waals surface area contributed by atoms with E-state index >= 15 is 0 Å². The van der Waals surface area contributed by atoms with Crippen LogP contribution in [0.3, 0.4) is 0 Å². The average molecular weight is 440 g/mol. The zero-order valence-corrected chi connectivity index (χ0v) is 17.7. The van der Waals surface area contributed by atoms with Crippen LogP contribution in [0.1, 0.15) is 5.56 Å². The van der Waals surface area contributed by atoms with Crippen molar-refractivity contribution in [3.05, 3.63) is 79.8 Å². The Hall–Kier alpha value is -3.78. The number of halogens is 1. The number of methoxy groups -OCH3 is 1. The fraction of sp³-hybridized carbons (Fsp3) is 0.136. The third kappa shape index (κ3) is 3.62. The summed E-state index contributed by atoms with van der Waals surface area (Å²) < 4.78 is 12.7. The van der Waals surface area contributed by atoms with Crippen molar-refractivity contribution in [2.24, 2.45) is 7.05 Å². The second-order valence-corrected chi connectivity index (χ2v) is 7.42. The molecule has 0 aliphatic heterocycles. The van der Waals surface area contributed by atoms with Crippen LogP contribution < -0.4 is 15.0 Å². The molecule has 4 rings (SSSR count). The van der Waals surface area contributed by atoms with Crippen molar-refractivity contribution in [1.82, 2.24) is 9.55 Å². The zero-order chi connectivity index (χ0) is 22.3. The van der Waals surface area contributed by atoms with Crippen LogP contribution in [0.5, 0.6) is 17.2 Å². The summed E-state index contributed by atoms with van der Waals surface area (Å²) in [6.07, 6.45) is 3.29. The largest absolute Gasteiger partial charge is 0.497 e. The number of nitro benzene ring substituents is 1. The minimum atomic E-state index is -0.445. The Morgan fingerprint density at radius 1 is 1.13 bits per heavy atom. The van der Waals surface area contributed by atoms with Gasteiger partial charge in [0.25, 0.3) is 11.2 Å². The van der Waals surface area contributed by atoms with Gasteiger partial charge in [0.05, 0.1) is 17.1 Å². The number of benzene rings is 2. The molecule has 0 amide bonds. The van der Waals surface area contributed by atoms with E-state index in [9.17, 15) is 14.9 Å². The molecule has 2 heterocycles. The molecule has 0 aliphatic carbocycles. The van der Waals surface area contributed by atoms with E-state index < -0.39 is 4.92 Å². The summed E-state index contributed by atoms with van der Waals surface area (Å²) >= 11 is 6.34. The third-order valence-corrected chi connectivity index (χ3v) is 5.33. The van der Waals surface area contributed by atoms with Crippen molar-refractivity contribution in [3.8, 4) is 28.4 Å². The highest BCUT2D eigenvalue weighted by Gasteiger charge is 2.21. The van der Waals surface area contributed by atoms with Crippen LogP contribution in [0.4, 0.5) is 5.69 Å². The van der Waals surface area contributed by atoms with E-state index in [0.717, 1.165) is 0 Å². The summed E-state index contributed by atoms with van der Waals surface area (Å²) in [6.45, 7) is 1.64. The number of ether oxygens (including phenoxy) is 2. The molecule has 0 bridgehead atoms. The first-order valence-corrected chi connectivity index (χ1v) is 9.65. The molecule has 1 N–H and O–H groups in total. The first kappa shape index (κ1) is 20.5. The quantitative estimate of drug-likeness (QED) is 0.340. The Morgan fingerprint density at radius 3 is 2.58 bits per heavy atom. The molecule has 9 heteroatoms. The predicted octanol–water partition coefficient (Wildman–Crippen LogP) is 5.20. The third-order valence-electron chi connectivity index (χ3n) is 5.04. The van der Waals surface area contributed by atoms with Crippen molar-refractivity contribution < 1.29 is 14.4 Å². The zero-order valence-electron chi connectivity index (χ0n) is 16.9. The van der Waals surface area contributed by atoms with Crippen LogP contribution in [0.25, 0.3) is 22.0 Å². The number of aromatic amines is 1. The number of aromatic nitrogens is 2. The van der Waals surface area contributed by atoms with Crippen LogP contribution in [0, 0.1) is 17.0 Å². The molecule has 158 valence electrons. The first-order chi connectivity index (χ1) is 14.8. The molecule has 8 nitrogen and oxygen atoms in total. The molecular weight excluding hydrogens is 422 g/mol. The Balaban J connectivity index is 1.97. The maximum absolute atomic E-state index is 12.4. The minimum absolute atomic E-state index is 0.0549. The summed E-state index contributed by atoms with van der Waals surface area (Å²) in [7, 11) is 3.15. The smallest absolute Gasteiger partial charge is 0.274 e. The minimum Gasteiger partial charge on any atom is -0.497 e. The van der Waals surface area contributed by atoms with Gasteiger partial charge in [-0.2, -0.15) is 0 Å². The number of nitrogens with one attached hydrogen (secondary N) is 1. The molecule has 0 saturated carbocycles. The van der Waals surface area contributed by atoms with Gasteiger partial charge >= 0.3 is 0 Å². The van der Waals surface area contributed by atoms with E-state index in [2.05, 4.69) is 4.98 Å². The van der Waals surface area contributed by atoms with Gasteiger partial charge in [-0.05, 0) is 31.2 Å². The molecule has 0 spiro atoms. The lowest BCUT2D eigenvalue weighted by atomic mass is 10.00. The van der Waals surface area contributed by atoms with E-state index in [1.807, 2.05) is 0 Å². The lowest BCUT2D eigenvalue weighted by Gasteiger charge is -2.15. The molecule has 0 fully saturated rings. The fourth-order valence-electron chi connectivity index (χ4n) is 3.46. The average Bonchev–Trinajstić information content (AvgIpc) is 3.22. The van der Waals surface area contributed by atoms with E-state index in [1.54, 1.807) is 56.7 Å². The van der Waals surface area contributed by atoms with Gasteiger partial charge in [-0.1, -0.05) is 11.6 Å². The molecule has 0 radical (unpaired) electrons. The van der Waals surface area contributed by atoms with E-state index in [0.29, 0.717) is 49.9 Å². The van der Waals surface area contributed by atoms with E-state index in [4.69, 9.17) is 21.1 Å². The summed E-state index contributed by atoms with van der Waals surface area (Å²) in [4.78, 5) is 26.5. The van der Waals surface area contributed by atoms with Gasteiger partial charge in [0.2, 0.25) is 0 Å². The number of aryl methyl sites for hydroxylation is 2. The number of nitrogens with zero attached hydrogens (tertiary/aromatic N) is 2. The number of rotatable bonds is 5. The van der Waals surface area contributed by atoms with E-state index in [-0.39, 0.29) is 11.2 Å². The summed E-state index contributed by atoms with van der Waals surface area (Å²) in [6, 6.07) is 9.78. The highest BCUT2D eigenvalue weighted by molar-refractivity contribution is 6.32. The van der Waals surface area contributed by atoms with Crippen molar-refractivity contribution in [1.29, 1.82) is 0 Å². The molecule has 0 aliphatic rings. The number of pyridine rings is 1. The molecule has 0 atom stereocenters. The van der Waals surface area contributed by atoms with Crippen LogP contribution in [0.15, 0.2) is 53.6 Å². The van der Waals surface area contributed by atoms with Gasteiger partial charge in [0.1, 0.15) is 22.8 Å². The lowest BCUT2D eigenvalue weighted by Crippen LogP contribution is -2.16. The predicted molar refractivity (Wildman–Crippen MR) is 118 cm³/mol. The number of H-pyrrole nitrogens is 1. The van der Waals surface area contributed by atoms with Gasteiger partial charge in [-0.3, -0.25) is 14.9 Å². The number of nitro groups is 1. The Labute approximate surface area is 181 Å². The maximum Gasteiger partial charge on any atom is 0.274 e. The molecule has 0 saturated heterocycles. The van der Waals surface area contributed by atoms with Crippen LogP contribution in [0.2, 0.25) is 5.02 Å². The Morgan fingerprint density at radius 2 is 1.90 bits per heavy atom. The topological polar surface area (TPSA) is 99.4 Å². The second kappa shape index (κ2) is 7.81. The first-order valence-electron chi connectivity index (χ1n) is 9.27. The number of hydrogen-bond donors (Lipinski definition) is 1. The normalized spacial score (nSPS) is 11.0. The molecule has 2 aromatic carbocycles. The van der Waals surface area contributed by atoms with Crippen LogP contribution in [-0.4, -0.2) is 21.6 Å². The lowest BCUT2D eigenvalue weighted by molar-refractivity contribution is -0.385. The van der Waals surface area contributed by atoms with Gasteiger partial charge < -0.3 is 19.0 Å².